The van der Waals surface area contributed by atoms with Crippen molar-refractivity contribution >= 4 is 29.5 Å². The predicted octanol–water partition coefficient (Wildman–Crippen LogP) is 2.07. The average Bonchev–Trinajstić information content (AvgIpc) is 2.95. The standard InChI is InChI=1S/C15H17ClN2O2/c1-10(20)17-5-12-7-18(8-13(12)6-17)15-3-11(9-19)2-14(16)4-15/h2-4,9,12-13H,5-8H2,1H3. The van der Waals surface area contributed by atoms with E-state index in [0.29, 0.717) is 22.4 Å². The molecular weight excluding hydrogens is 276 g/mol. The van der Waals surface area contributed by atoms with Gasteiger partial charge < -0.3 is 9.80 Å². The van der Waals surface area contributed by atoms with Crippen molar-refractivity contribution < 1.29 is 9.59 Å². The van der Waals surface area contributed by atoms with E-state index in [1.807, 2.05) is 17.0 Å². The van der Waals surface area contributed by atoms with Crippen LogP contribution in [-0.4, -0.2) is 43.3 Å². The van der Waals surface area contributed by atoms with Gasteiger partial charge in [0.05, 0.1) is 0 Å². The Bertz CT molecular complexity index is 547. The monoisotopic (exact) mass is 292 g/mol. The SMILES string of the molecule is CC(=O)N1CC2CN(c3cc(Cl)cc(C=O)c3)CC2C1. The van der Waals surface area contributed by atoms with Crippen LogP contribution in [0.3, 0.4) is 0 Å². The van der Waals surface area contributed by atoms with Crippen LogP contribution in [-0.2, 0) is 4.79 Å². The molecule has 0 radical (unpaired) electrons. The highest BCUT2D eigenvalue weighted by molar-refractivity contribution is 6.31. The van der Waals surface area contributed by atoms with Crippen LogP contribution in [0, 0.1) is 11.8 Å². The number of hydrogen-bond donors (Lipinski definition) is 0. The van der Waals surface area contributed by atoms with E-state index in [2.05, 4.69) is 4.90 Å². The van der Waals surface area contributed by atoms with E-state index in [1.165, 1.54) is 0 Å². The highest BCUT2D eigenvalue weighted by Crippen LogP contribution is 2.35. The molecule has 0 bridgehead atoms. The fraction of sp³-hybridized carbons (Fsp3) is 0.467. The van der Waals surface area contributed by atoms with Gasteiger partial charge in [0.25, 0.3) is 0 Å². The summed E-state index contributed by atoms with van der Waals surface area (Å²) in [5.74, 6) is 1.21. The number of carbonyl (C=O) groups is 2. The van der Waals surface area contributed by atoms with Crippen LogP contribution >= 0.6 is 11.6 Å². The van der Waals surface area contributed by atoms with Crippen molar-refractivity contribution in [1.29, 1.82) is 0 Å². The molecule has 1 aromatic rings. The van der Waals surface area contributed by atoms with Gasteiger partial charge in [-0.3, -0.25) is 9.59 Å². The lowest BCUT2D eigenvalue weighted by Crippen LogP contribution is -2.31. The van der Waals surface area contributed by atoms with E-state index >= 15 is 0 Å². The van der Waals surface area contributed by atoms with Gasteiger partial charge in [-0.2, -0.15) is 0 Å². The summed E-state index contributed by atoms with van der Waals surface area (Å²) in [4.78, 5) is 26.5. The van der Waals surface area contributed by atoms with Crippen molar-refractivity contribution in [2.45, 2.75) is 6.92 Å². The molecule has 0 aliphatic carbocycles. The molecule has 4 nitrogen and oxygen atoms in total. The zero-order valence-electron chi connectivity index (χ0n) is 11.4. The maximum atomic E-state index is 11.4. The Labute approximate surface area is 123 Å². The van der Waals surface area contributed by atoms with Crippen molar-refractivity contribution in [3.8, 4) is 0 Å². The van der Waals surface area contributed by atoms with E-state index in [0.717, 1.165) is 38.2 Å². The summed E-state index contributed by atoms with van der Waals surface area (Å²) in [5, 5.41) is 0.590. The summed E-state index contributed by atoms with van der Waals surface area (Å²) in [7, 11) is 0. The number of rotatable bonds is 2. The first-order valence-corrected chi connectivity index (χ1v) is 7.21. The largest absolute Gasteiger partial charge is 0.371 e. The first-order chi connectivity index (χ1) is 9.56. The smallest absolute Gasteiger partial charge is 0.219 e. The summed E-state index contributed by atoms with van der Waals surface area (Å²) in [5.41, 5.74) is 1.61. The van der Waals surface area contributed by atoms with E-state index in [4.69, 9.17) is 11.6 Å². The Morgan fingerprint density at radius 1 is 1.20 bits per heavy atom. The Morgan fingerprint density at radius 2 is 1.85 bits per heavy atom. The molecule has 5 heteroatoms. The summed E-state index contributed by atoms with van der Waals surface area (Å²) in [6.45, 7) is 5.17. The molecule has 0 aromatic heterocycles. The molecule has 2 aliphatic heterocycles. The Morgan fingerprint density at radius 3 is 2.40 bits per heavy atom. The van der Waals surface area contributed by atoms with Crippen molar-refractivity contribution in [3.05, 3.63) is 28.8 Å². The number of amides is 1. The minimum atomic E-state index is 0.164. The number of hydrogen-bond acceptors (Lipinski definition) is 3. The Hall–Kier alpha value is -1.55. The molecule has 2 unspecified atom stereocenters. The van der Waals surface area contributed by atoms with E-state index < -0.39 is 0 Å². The van der Waals surface area contributed by atoms with Gasteiger partial charge in [-0.05, 0) is 18.2 Å². The van der Waals surface area contributed by atoms with Crippen LogP contribution in [0.15, 0.2) is 18.2 Å². The number of fused-ring (bicyclic) bond motifs is 1. The van der Waals surface area contributed by atoms with Gasteiger partial charge in [-0.25, -0.2) is 0 Å². The molecule has 2 heterocycles. The quantitative estimate of drug-likeness (QED) is 0.784. The van der Waals surface area contributed by atoms with Crippen molar-refractivity contribution in [2.75, 3.05) is 31.1 Å². The summed E-state index contributed by atoms with van der Waals surface area (Å²) >= 11 is 6.05. The molecule has 2 fully saturated rings. The van der Waals surface area contributed by atoms with E-state index in [9.17, 15) is 9.59 Å². The number of carbonyl (C=O) groups excluding carboxylic acids is 2. The van der Waals surface area contributed by atoms with E-state index in [1.54, 1.807) is 13.0 Å². The second-order valence-electron chi connectivity index (χ2n) is 5.71. The maximum absolute atomic E-state index is 11.4. The maximum Gasteiger partial charge on any atom is 0.219 e. The topological polar surface area (TPSA) is 40.6 Å². The van der Waals surface area contributed by atoms with Crippen LogP contribution in [0.4, 0.5) is 5.69 Å². The third-order valence-electron chi connectivity index (χ3n) is 4.34. The first kappa shape index (κ1) is 13.4. The fourth-order valence-corrected chi connectivity index (χ4v) is 3.55. The van der Waals surface area contributed by atoms with Gasteiger partial charge in [0.2, 0.25) is 5.91 Å². The predicted molar refractivity (Wildman–Crippen MR) is 78.3 cm³/mol. The molecule has 0 saturated carbocycles. The number of anilines is 1. The summed E-state index contributed by atoms with van der Waals surface area (Å²) in [6, 6.07) is 5.45. The van der Waals surface area contributed by atoms with Gasteiger partial charge in [0, 0.05) is 61.2 Å². The van der Waals surface area contributed by atoms with Crippen LogP contribution in [0.5, 0.6) is 0 Å². The number of aldehydes is 1. The minimum absolute atomic E-state index is 0.164. The third kappa shape index (κ3) is 2.40. The second kappa shape index (κ2) is 5.09. The summed E-state index contributed by atoms with van der Waals surface area (Å²) in [6.07, 6.45) is 0.823. The van der Waals surface area contributed by atoms with Gasteiger partial charge in [-0.15, -0.1) is 0 Å². The first-order valence-electron chi connectivity index (χ1n) is 6.83. The molecule has 1 amide bonds. The average molecular weight is 293 g/mol. The molecule has 3 rings (SSSR count). The normalized spacial score (nSPS) is 24.9. The molecule has 1 aromatic carbocycles. The number of nitrogens with zero attached hydrogens (tertiary/aromatic N) is 2. The Kier molecular flexibility index (Phi) is 3.42. The lowest BCUT2D eigenvalue weighted by Gasteiger charge is -2.23. The second-order valence-corrected chi connectivity index (χ2v) is 6.15. The zero-order chi connectivity index (χ0) is 14.3. The van der Waals surface area contributed by atoms with Gasteiger partial charge in [0.1, 0.15) is 6.29 Å². The van der Waals surface area contributed by atoms with Gasteiger partial charge >= 0.3 is 0 Å². The minimum Gasteiger partial charge on any atom is -0.371 e. The summed E-state index contributed by atoms with van der Waals surface area (Å²) < 4.78 is 0. The number of halogens is 1. The highest BCUT2D eigenvalue weighted by Gasteiger charge is 2.40. The molecule has 2 saturated heterocycles. The lowest BCUT2D eigenvalue weighted by atomic mass is 10.0. The molecular formula is C15H17ClN2O2. The van der Waals surface area contributed by atoms with Crippen LogP contribution < -0.4 is 4.90 Å². The molecule has 2 aliphatic rings. The molecule has 106 valence electrons. The fourth-order valence-electron chi connectivity index (χ4n) is 3.31. The van der Waals surface area contributed by atoms with Crippen LogP contribution in [0.2, 0.25) is 5.02 Å². The van der Waals surface area contributed by atoms with Crippen molar-refractivity contribution in [2.24, 2.45) is 11.8 Å². The highest BCUT2D eigenvalue weighted by atomic mass is 35.5. The molecule has 20 heavy (non-hydrogen) atoms. The zero-order valence-corrected chi connectivity index (χ0v) is 12.1. The van der Waals surface area contributed by atoms with Crippen LogP contribution in [0.25, 0.3) is 0 Å². The molecule has 0 spiro atoms. The van der Waals surface area contributed by atoms with E-state index in [-0.39, 0.29) is 5.91 Å². The Balaban J connectivity index is 1.75. The molecule has 0 N–H and O–H groups in total. The van der Waals surface area contributed by atoms with Gasteiger partial charge in [-0.1, -0.05) is 11.6 Å². The van der Waals surface area contributed by atoms with Gasteiger partial charge in [0.15, 0.2) is 0 Å². The number of likely N-dealkylation sites (tertiary alicyclic amines) is 1. The number of benzene rings is 1. The van der Waals surface area contributed by atoms with Crippen molar-refractivity contribution in [3.63, 3.8) is 0 Å². The lowest BCUT2D eigenvalue weighted by molar-refractivity contribution is -0.128. The van der Waals surface area contributed by atoms with Crippen molar-refractivity contribution in [1.82, 2.24) is 4.90 Å². The van der Waals surface area contributed by atoms with Crippen LogP contribution in [0.1, 0.15) is 17.3 Å². The molecule has 2 atom stereocenters. The third-order valence-corrected chi connectivity index (χ3v) is 4.56.